The summed E-state index contributed by atoms with van der Waals surface area (Å²) < 4.78 is 0. The molecule has 0 fully saturated rings. The molecular formula is C15H13ClO2. The zero-order chi connectivity index (χ0) is 13.3. The third-order valence-corrected chi connectivity index (χ3v) is 3.28. The summed E-state index contributed by atoms with van der Waals surface area (Å²) in [6.07, 6.45) is 0. The van der Waals surface area contributed by atoms with Crippen LogP contribution in [0, 0.1) is 13.8 Å². The summed E-state index contributed by atoms with van der Waals surface area (Å²) >= 11 is 5.93. The van der Waals surface area contributed by atoms with Crippen LogP contribution in [-0.4, -0.2) is 11.1 Å². The lowest BCUT2D eigenvalue weighted by atomic mass is 9.94. The molecule has 1 N–H and O–H groups in total. The van der Waals surface area contributed by atoms with Gasteiger partial charge in [-0.05, 0) is 54.3 Å². The zero-order valence-corrected chi connectivity index (χ0v) is 11.0. The minimum atomic E-state index is -0.902. The fourth-order valence-corrected chi connectivity index (χ4v) is 2.32. The van der Waals surface area contributed by atoms with Crippen molar-refractivity contribution < 1.29 is 9.90 Å². The molecule has 0 radical (unpaired) electrons. The molecule has 0 bridgehead atoms. The Balaban J connectivity index is 2.64. The fraction of sp³-hybridized carbons (Fsp3) is 0.133. The van der Waals surface area contributed by atoms with Crippen molar-refractivity contribution in [3.63, 3.8) is 0 Å². The van der Waals surface area contributed by atoms with Crippen LogP contribution in [0.15, 0.2) is 36.4 Å². The SMILES string of the molecule is Cc1cc(Cl)ccc1-c1cccc(C(=O)O)c1C. The number of halogens is 1. The Morgan fingerprint density at radius 3 is 2.44 bits per heavy atom. The molecule has 0 aromatic heterocycles. The third-order valence-electron chi connectivity index (χ3n) is 3.04. The van der Waals surface area contributed by atoms with E-state index < -0.39 is 5.97 Å². The molecule has 0 unspecified atom stereocenters. The molecule has 0 heterocycles. The molecule has 3 heteroatoms. The number of rotatable bonds is 2. The van der Waals surface area contributed by atoms with E-state index in [1.165, 1.54) is 0 Å². The summed E-state index contributed by atoms with van der Waals surface area (Å²) in [5, 5.41) is 9.81. The largest absolute Gasteiger partial charge is 0.478 e. The first-order chi connectivity index (χ1) is 8.50. The molecule has 2 nitrogen and oxygen atoms in total. The maximum absolute atomic E-state index is 11.1. The Hall–Kier alpha value is -1.80. The number of carboxylic acids is 1. The van der Waals surface area contributed by atoms with E-state index >= 15 is 0 Å². The lowest BCUT2D eigenvalue weighted by Crippen LogP contribution is -2.01. The maximum Gasteiger partial charge on any atom is 0.335 e. The molecule has 2 aromatic rings. The first kappa shape index (κ1) is 12.7. The van der Waals surface area contributed by atoms with Crippen molar-refractivity contribution in [1.82, 2.24) is 0 Å². The van der Waals surface area contributed by atoms with Crippen LogP contribution in [0.4, 0.5) is 0 Å². The predicted octanol–water partition coefficient (Wildman–Crippen LogP) is 4.32. The summed E-state index contributed by atoms with van der Waals surface area (Å²) in [5.74, 6) is -0.902. The van der Waals surface area contributed by atoms with E-state index in [9.17, 15) is 4.79 Å². The Morgan fingerprint density at radius 2 is 1.83 bits per heavy atom. The van der Waals surface area contributed by atoms with Crippen molar-refractivity contribution in [1.29, 1.82) is 0 Å². The van der Waals surface area contributed by atoms with Crippen molar-refractivity contribution in [2.75, 3.05) is 0 Å². The average molecular weight is 261 g/mol. The van der Waals surface area contributed by atoms with Gasteiger partial charge < -0.3 is 5.11 Å². The van der Waals surface area contributed by atoms with Crippen molar-refractivity contribution in [2.45, 2.75) is 13.8 Å². The maximum atomic E-state index is 11.1. The number of carboxylic acid groups (broad SMARTS) is 1. The average Bonchev–Trinajstić information content (AvgIpc) is 2.30. The minimum Gasteiger partial charge on any atom is -0.478 e. The predicted molar refractivity (Wildman–Crippen MR) is 73.3 cm³/mol. The van der Waals surface area contributed by atoms with Crippen LogP contribution in [0.1, 0.15) is 21.5 Å². The van der Waals surface area contributed by atoms with Gasteiger partial charge in [0.1, 0.15) is 0 Å². The van der Waals surface area contributed by atoms with Gasteiger partial charge in [0.05, 0.1) is 5.56 Å². The van der Waals surface area contributed by atoms with Crippen LogP contribution in [0.5, 0.6) is 0 Å². The van der Waals surface area contributed by atoms with Crippen molar-refractivity contribution >= 4 is 17.6 Å². The summed E-state index contributed by atoms with van der Waals surface area (Å²) in [7, 11) is 0. The summed E-state index contributed by atoms with van der Waals surface area (Å²) in [6, 6.07) is 10.9. The van der Waals surface area contributed by atoms with Gasteiger partial charge in [0, 0.05) is 5.02 Å². The van der Waals surface area contributed by atoms with Crippen LogP contribution in [0.25, 0.3) is 11.1 Å². The van der Waals surface area contributed by atoms with E-state index in [2.05, 4.69) is 0 Å². The number of aromatic carboxylic acids is 1. The Kier molecular flexibility index (Phi) is 3.39. The molecule has 0 saturated heterocycles. The second-order valence-corrected chi connectivity index (χ2v) is 4.68. The van der Waals surface area contributed by atoms with Crippen LogP contribution in [0.3, 0.4) is 0 Å². The molecule has 18 heavy (non-hydrogen) atoms. The van der Waals surface area contributed by atoms with E-state index in [0.717, 1.165) is 22.3 Å². The molecule has 2 rings (SSSR count). The lowest BCUT2D eigenvalue weighted by Gasteiger charge is -2.11. The highest BCUT2D eigenvalue weighted by Crippen LogP contribution is 2.30. The number of benzene rings is 2. The van der Waals surface area contributed by atoms with E-state index in [1.54, 1.807) is 12.1 Å². The van der Waals surface area contributed by atoms with Crippen LogP contribution in [-0.2, 0) is 0 Å². The second kappa shape index (κ2) is 4.83. The van der Waals surface area contributed by atoms with Gasteiger partial charge in [0.25, 0.3) is 0 Å². The van der Waals surface area contributed by atoms with Gasteiger partial charge in [-0.25, -0.2) is 4.79 Å². The van der Waals surface area contributed by atoms with Gasteiger partial charge in [-0.1, -0.05) is 29.8 Å². The highest BCUT2D eigenvalue weighted by Gasteiger charge is 2.12. The van der Waals surface area contributed by atoms with E-state index in [0.29, 0.717) is 10.6 Å². The molecule has 0 atom stereocenters. The molecule has 0 spiro atoms. The highest BCUT2D eigenvalue weighted by molar-refractivity contribution is 6.30. The molecule has 0 aliphatic carbocycles. The molecule has 0 aliphatic rings. The number of aryl methyl sites for hydroxylation is 1. The van der Waals surface area contributed by atoms with Gasteiger partial charge in [-0.15, -0.1) is 0 Å². The van der Waals surface area contributed by atoms with E-state index in [-0.39, 0.29) is 0 Å². The van der Waals surface area contributed by atoms with Crippen molar-refractivity contribution in [2.24, 2.45) is 0 Å². The molecular weight excluding hydrogens is 248 g/mol. The van der Waals surface area contributed by atoms with Gasteiger partial charge in [-0.3, -0.25) is 0 Å². The van der Waals surface area contributed by atoms with Crippen LogP contribution >= 0.6 is 11.6 Å². The normalized spacial score (nSPS) is 10.4. The van der Waals surface area contributed by atoms with Gasteiger partial charge >= 0.3 is 5.97 Å². The summed E-state index contributed by atoms with van der Waals surface area (Å²) in [6.45, 7) is 3.79. The van der Waals surface area contributed by atoms with Crippen molar-refractivity contribution in [3.8, 4) is 11.1 Å². The van der Waals surface area contributed by atoms with Gasteiger partial charge in [-0.2, -0.15) is 0 Å². The Labute approximate surface area is 111 Å². The molecule has 0 aliphatic heterocycles. The molecule has 2 aromatic carbocycles. The quantitative estimate of drug-likeness (QED) is 0.873. The lowest BCUT2D eigenvalue weighted by molar-refractivity contribution is 0.0696. The zero-order valence-electron chi connectivity index (χ0n) is 10.2. The number of hydrogen-bond acceptors (Lipinski definition) is 1. The van der Waals surface area contributed by atoms with E-state index in [4.69, 9.17) is 16.7 Å². The van der Waals surface area contributed by atoms with Crippen molar-refractivity contribution in [3.05, 3.63) is 58.1 Å². The third kappa shape index (κ3) is 2.24. The Morgan fingerprint density at radius 1 is 1.11 bits per heavy atom. The first-order valence-corrected chi connectivity index (χ1v) is 5.98. The smallest absolute Gasteiger partial charge is 0.335 e. The number of carbonyl (C=O) groups is 1. The number of hydrogen-bond donors (Lipinski definition) is 1. The van der Waals surface area contributed by atoms with Crippen LogP contribution in [0.2, 0.25) is 5.02 Å². The van der Waals surface area contributed by atoms with E-state index in [1.807, 2.05) is 38.1 Å². The Bertz CT molecular complexity index is 618. The summed E-state index contributed by atoms with van der Waals surface area (Å²) in [5.41, 5.74) is 4.09. The van der Waals surface area contributed by atoms with Crippen LogP contribution < -0.4 is 0 Å². The van der Waals surface area contributed by atoms with Gasteiger partial charge in [0.2, 0.25) is 0 Å². The molecule has 0 amide bonds. The second-order valence-electron chi connectivity index (χ2n) is 4.24. The summed E-state index contributed by atoms with van der Waals surface area (Å²) in [4.78, 5) is 11.1. The van der Waals surface area contributed by atoms with Gasteiger partial charge in [0.15, 0.2) is 0 Å². The molecule has 92 valence electrons. The minimum absolute atomic E-state index is 0.335. The topological polar surface area (TPSA) is 37.3 Å². The standard InChI is InChI=1S/C15H13ClO2/c1-9-8-11(16)6-7-12(9)13-4-3-5-14(10(13)2)15(17)18/h3-8H,1-2H3,(H,17,18). The highest BCUT2D eigenvalue weighted by atomic mass is 35.5. The molecule has 0 saturated carbocycles. The fourth-order valence-electron chi connectivity index (χ4n) is 2.09. The first-order valence-electron chi connectivity index (χ1n) is 5.60. The monoisotopic (exact) mass is 260 g/mol.